The van der Waals surface area contributed by atoms with Gasteiger partial charge in [0, 0.05) is 22.8 Å². The van der Waals surface area contributed by atoms with Crippen molar-refractivity contribution >= 4 is 16.7 Å². The lowest BCUT2D eigenvalue weighted by atomic mass is 10.1. The molecule has 0 aromatic heterocycles. The predicted molar refractivity (Wildman–Crippen MR) is 97.5 cm³/mol. The van der Waals surface area contributed by atoms with Crippen LogP contribution in [0.2, 0.25) is 0 Å². The van der Waals surface area contributed by atoms with Gasteiger partial charge in [-0.05, 0) is 31.5 Å². The van der Waals surface area contributed by atoms with E-state index in [1.807, 2.05) is 61.5 Å². The Morgan fingerprint density at radius 2 is 1.75 bits per heavy atom. The van der Waals surface area contributed by atoms with Gasteiger partial charge >= 0.3 is 0 Å². The summed E-state index contributed by atoms with van der Waals surface area (Å²) in [7, 11) is -1.02. The van der Waals surface area contributed by atoms with Crippen molar-refractivity contribution < 1.29 is 13.7 Å². The lowest BCUT2D eigenvalue weighted by Gasteiger charge is -2.21. The van der Waals surface area contributed by atoms with E-state index in [4.69, 9.17) is 4.74 Å². The third kappa shape index (κ3) is 5.49. The van der Waals surface area contributed by atoms with Crippen LogP contribution in [0.15, 0.2) is 54.6 Å². The minimum atomic E-state index is -1.02. The first kappa shape index (κ1) is 18.2. The molecule has 0 aliphatic carbocycles. The molecule has 0 bridgehead atoms. The van der Waals surface area contributed by atoms with Crippen LogP contribution >= 0.6 is 0 Å². The highest BCUT2D eigenvalue weighted by molar-refractivity contribution is 7.84. The van der Waals surface area contributed by atoms with Crippen molar-refractivity contribution in [2.24, 2.45) is 0 Å². The molecule has 2 aromatic carbocycles. The topological polar surface area (TPSA) is 55.4 Å². The molecule has 5 heteroatoms. The molecule has 0 saturated carbocycles. The second kappa shape index (κ2) is 8.64. The fourth-order valence-electron chi connectivity index (χ4n) is 2.30. The molecule has 1 amide bonds. The van der Waals surface area contributed by atoms with Crippen LogP contribution in [-0.2, 0) is 15.6 Å². The highest BCUT2D eigenvalue weighted by atomic mass is 32.2. The number of benzene rings is 2. The Hall–Kier alpha value is -2.14. The van der Waals surface area contributed by atoms with Crippen molar-refractivity contribution in [1.29, 1.82) is 0 Å². The normalized spacial score (nSPS) is 14.5. The number of hydrogen-bond donors (Lipinski definition) is 1. The van der Waals surface area contributed by atoms with Crippen molar-refractivity contribution in [3.63, 3.8) is 0 Å². The number of aryl methyl sites for hydroxylation is 1. The molecule has 24 heavy (non-hydrogen) atoms. The zero-order valence-electron chi connectivity index (χ0n) is 14.2. The number of rotatable bonds is 7. The summed E-state index contributed by atoms with van der Waals surface area (Å²) < 4.78 is 17.3. The van der Waals surface area contributed by atoms with Gasteiger partial charge < -0.3 is 10.1 Å². The van der Waals surface area contributed by atoms with Crippen molar-refractivity contribution in [3.05, 3.63) is 65.7 Å². The highest BCUT2D eigenvalue weighted by Gasteiger charge is 2.21. The van der Waals surface area contributed by atoms with Crippen molar-refractivity contribution in [2.45, 2.75) is 26.0 Å². The SMILES string of the molecule is Cc1ccc(O[C@H](C)C(=O)N[C@H](C[S@](C)=O)c2ccccc2)cc1. The smallest absolute Gasteiger partial charge is 0.261 e. The van der Waals surface area contributed by atoms with Gasteiger partial charge in [-0.15, -0.1) is 0 Å². The summed E-state index contributed by atoms with van der Waals surface area (Å²) in [5, 5.41) is 2.94. The number of carbonyl (C=O) groups is 1. The van der Waals surface area contributed by atoms with E-state index >= 15 is 0 Å². The average molecular weight is 345 g/mol. The van der Waals surface area contributed by atoms with Gasteiger partial charge in [-0.2, -0.15) is 0 Å². The molecular weight excluding hydrogens is 322 g/mol. The molecule has 1 N–H and O–H groups in total. The number of amides is 1. The number of carbonyl (C=O) groups excluding carboxylic acids is 1. The fourth-order valence-corrected chi connectivity index (χ4v) is 3.05. The van der Waals surface area contributed by atoms with E-state index in [0.29, 0.717) is 11.5 Å². The van der Waals surface area contributed by atoms with Crippen LogP contribution in [0.3, 0.4) is 0 Å². The van der Waals surface area contributed by atoms with Gasteiger partial charge in [0.05, 0.1) is 6.04 Å². The van der Waals surface area contributed by atoms with Crippen LogP contribution < -0.4 is 10.1 Å². The summed E-state index contributed by atoms with van der Waals surface area (Å²) >= 11 is 0. The molecule has 128 valence electrons. The van der Waals surface area contributed by atoms with Gasteiger partial charge in [0.25, 0.3) is 5.91 Å². The van der Waals surface area contributed by atoms with E-state index in [1.165, 1.54) is 0 Å². The zero-order valence-corrected chi connectivity index (χ0v) is 15.0. The Morgan fingerprint density at radius 1 is 1.12 bits per heavy atom. The van der Waals surface area contributed by atoms with Gasteiger partial charge in [-0.25, -0.2) is 0 Å². The highest BCUT2D eigenvalue weighted by Crippen LogP contribution is 2.16. The first-order valence-corrected chi connectivity index (χ1v) is 9.57. The van der Waals surface area contributed by atoms with Crippen LogP contribution in [-0.4, -0.2) is 28.2 Å². The van der Waals surface area contributed by atoms with E-state index in [9.17, 15) is 9.00 Å². The van der Waals surface area contributed by atoms with Gasteiger partial charge in [0.2, 0.25) is 0 Å². The lowest BCUT2D eigenvalue weighted by Crippen LogP contribution is -2.40. The summed E-state index contributed by atoms with van der Waals surface area (Å²) in [6.07, 6.45) is 0.998. The molecule has 0 heterocycles. The molecule has 0 radical (unpaired) electrons. The second-order valence-electron chi connectivity index (χ2n) is 5.78. The van der Waals surface area contributed by atoms with Crippen LogP contribution in [0.5, 0.6) is 5.75 Å². The Kier molecular flexibility index (Phi) is 6.55. The first-order chi connectivity index (χ1) is 11.5. The van der Waals surface area contributed by atoms with E-state index in [1.54, 1.807) is 13.2 Å². The summed E-state index contributed by atoms with van der Waals surface area (Å²) in [6, 6.07) is 16.8. The Morgan fingerprint density at radius 3 is 2.33 bits per heavy atom. The minimum Gasteiger partial charge on any atom is -0.481 e. The van der Waals surface area contributed by atoms with Crippen LogP contribution in [0.4, 0.5) is 0 Å². The average Bonchev–Trinajstić information content (AvgIpc) is 2.56. The van der Waals surface area contributed by atoms with Gasteiger partial charge in [0.1, 0.15) is 5.75 Å². The van der Waals surface area contributed by atoms with Crippen molar-refractivity contribution in [2.75, 3.05) is 12.0 Å². The largest absolute Gasteiger partial charge is 0.481 e. The molecule has 2 rings (SSSR count). The number of nitrogens with one attached hydrogen (secondary N) is 1. The minimum absolute atomic E-state index is 0.227. The lowest BCUT2D eigenvalue weighted by molar-refractivity contribution is -0.127. The molecule has 0 unspecified atom stereocenters. The molecule has 0 spiro atoms. The van der Waals surface area contributed by atoms with Crippen molar-refractivity contribution in [3.8, 4) is 5.75 Å². The molecule has 0 saturated heterocycles. The molecule has 2 aromatic rings. The maximum absolute atomic E-state index is 12.4. The summed E-state index contributed by atoms with van der Waals surface area (Å²) in [5.41, 5.74) is 2.07. The van der Waals surface area contributed by atoms with Gasteiger partial charge in [-0.3, -0.25) is 9.00 Å². The first-order valence-electron chi connectivity index (χ1n) is 7.84. The standard InChI is InChI=1S/C19H23NO3S/c1-14-9-11-17(12-10-14)23-15(2)19(21)20-18(13-24(3)22)16-7-5-4-6-8-16/h4-12,15,18H,13H2,1-3H3,(H,20,21)/t15-,18-,24+/m1/s1. The van der Waals surface area contributed by atoms with Crippen LogP contribution in [0.1, 0.15) is 24.1 Å². The molecule has 4 nitrogen and oxygen atoms in total. The van der Waals surface area contributed by atoms with Gasteiger partial charge in [-0.1, -0.05) is 48.0 Å². The maximum Gasteiger partial charge on any atom is 0.261 e. The summed E-state index contributed by atoms with van der Waals surface area (Å²) in [6.45, 7) is 3.70. The number of ether oxygens (including phenoxy) is 1. The quantitative estimate of drug-likeness (QED) is 0.839. The van der Waals surface area contributed by atoms with Crippen LogP contribution in [0, 0.1) is 6.92 Å². The second-order valence-corrected chi connectivity index (χ2v) is 7.26. The van der Waals surface area contributed by atoms with E-state index < -0.39 is 16.9 Å². The molecule has 0 aliphatic heterocycles. The fraction of sp³-hybridized carbons (Fsp3) is 0.316. The summed E-state index contributed by atoms with van der Waals surface area (Å²) in [5.74, 6) is 0.793. The number of hydrogen-bond acceptors (Lipinski definition) is 3. The Bertz CT molecular complexity index is 686. The molecule has 0 aliphatic rings. The van der Waals surface area contributed by atoms with Crippen LogP contribution in [0.25, 0.3) is 0 Å². The Labute approximate surface area is 145 Å². The third-order valence-corrected chi connectivity index (χ3v) is 4.43. The monoisotopic (exact) mass is 345 g/mol. The molecular formula is C19H23NO3S. The van der Waals surface area contributed by atoms with Crippen molar-refractivity contribution in [1.82, 2.24) is 5.32 Å². The molecule has 3 atom stereocenters. The summed E-state index contributed by atoms with van der Waals surface area (Å²) in [4.78, 5) is 12.4. The van der Waals surface area contributed by atoms with E-state index in [0.717, 1.165) is 11.1 Å². The Balaban J connectivity index is 2.03. The zero-order chi connectivity index (χ0) is 17.5. The maximum atomic E-state index is 12.4. The van der Waals surface area contributed by atoms with Gasteiger partial charge in [0.15, 0.2) is 6.10 Å². The van der Waals surface area contributed by atoms with E-state index in [-0.39, 0.29) is 11.9 Å². The van der Waals surface area contributed by atoms with E-state index in [2.05, 4.69) is 5.32 Å². The third-order valence-electron chi connectivity index (χ3n) is 3.62. The molecule has 0 fully saturated rings. The predicted octanol–water partition coefficient (Wildman–Crippen LogP) is 3.00.